The lowest BCUT2D eigenvalue weighted by Crippen LogP contribution is -2.27. The van der Waals surface area contributed by atoms with E-state index in [0.29, 0.717) is 6.61 Å². The molecule has 106 valence electrons. The molecule has 0 radical (unpaired) electrons. The molecule has 0 saturated carbocycles. The van der Waals surface area contributed by atoms with E-state index in [-0.39, 0.29) is 23.7 Å². The summed E-state index contributed by atoms with van der Waals surface area (Å²) >= 11 is 0. The molecule has 1 aromatic rings. The summed E-state index contributed by atoms with van der Waals surface area (Å²) < 4.78 is 5.79. The van der Waals surface area contributed by atoms with Crippen LogP contribution in [-0.4, -0.2) is 35.0 Å². The lowest BCUT2D eigenvalue weighted by molar-refractivity contribution is -0.0326. The summed E-state index contributed by atoms with van der Waals surface area (Å²) in [4.78, 5) is 10.8. The van der Waals surface area contributed by atoms with Gasteiger partial charge in [0.15, 0.2) is 0 Å². The Balaban J connectivity index is 2.72. The second kappa shape index (κ2) is 6.68. The highest BCUT2D eigenvalue weighted by Crippen LogP contribution is 2.21. The number of carboxylic acids is 1. The summed E-state index contributed by atoms with van der Waals surface area (Å²) in [7, 11) is 0. The molecule has 19 heavy (non-hydrogen) atoms. The third kappa shape index (κ3) is 4.65. The molecule has 4 heteroatoms. The normalized spacial score (nSPS) is 13.3. The number of carbonyl (C=O) groups is 1. The molecule has 0 aliphatic heterocycles. The van der Waals surface area contributed by atoms with Gasteiger partial charge in [-0.25, -0.2) is 4.79 Å². The van der Waals surface area contributed by atoms with Gasteiger partial charge in [-0.3, -0.25) is 0 Å². The first kappa shape index (κ1) is 15.7. The molecule has 4 nitrogen and oxygen atoms in total. The van der Waals surface area contributed by atoms with Crippen molar-refractivity contribution in [3.8, 4) is 0 Å². The minimum absolute atomic E-state index is 0.0216. The van der Waals surface area contributed by atoms with Gasteiger partial charge in [-0.2, -0.15) is 0 Å². The lowest BCUT2D eigenvalue weighted by atomic mass is 9.99. The molecule has 1 aromatic carbocycles. The quantitative estimate of drug-likeness (QED) is 0.796. The summed E-state index contributed by atoms with van der Waals surface area (Å²) in [5, 5.41) is 18.3. The molecule has 0 bridgehead atoms. The largest absolute Gasteiger partial charge is 0.478 e. The molecule has 0 amide bonds. The van der Waals surface area contributed by atoms with Crippen LogP contribution in [0.25, 0.3) is 0 Å². The number of aromatic carboxylic acids is 1. The fraction of sp³-hybridized carbons (Fsp3) is 0.533. The Morgan fingerprint density at radius 3 is 2.32 bits per heavy atom. The number of aliphatic hydroxyl groups is 1. The van der Waals surface area contributed by atoms with Gasteiger partial charge in [0.2, 0.25) is 0 Å². The van der Waals surface area contributed by atoms with Crippen molar-refractivity contribution in [1.29, 1.82) is 0 Å². The number of hydrogen-bond donors (Lipinski definition) is 2. The number of aliphatic hydroxyl groups excluding tert-OH is 1. The molecule has 0 aromatic heterocycles. The van der Waals surface area contributed by atoms with Gasteiger partial charge in [0.05, 0.1) is 24.4 Å². The predicted octanol–water partition coefficient (Wildman–Crippen LogP) is 2.67. The number of hydrogen-bond acceptors (Lipinski definition) is 3. The van der Waals surface area contributed by atoms with Crippen LogP contribution in [0.2, 0.25) is 0 Å². The van der Waals surface area contributed by atoms with Crippen molar-refractivity contribution in [2.75, 3.05) is 13.2 Å². The topological polar surface area (TPSA) is 66.8 Å². The van der Waals surface area contributed by atoms with E-state index in [1.807, 2.05) is 13.8 Å². The molecule has 2 N–H and O–H groups in total. The van der Waals surface area contributed by atoms with Crippen LogP contribution in [0.3, 0.4) is 0 Å². The third-order valence-electron chi connectivity index (χ3n) is 3.38. The van der Waals surface area contributed by atoms with Crippen molar-refractivity contribution in [2.24, 2.45) is 0 Å². The smallest absolute Gasteiger partial charge is 0.335 e. The van der Waals surface area contributed by atoms with Crippen molar-refractivity contribution >= 4 is 5.97 Å². The van der Waals surface area contributed by atoms with Gasteiger partial charge in [-0.1, -0.05) is 19.1 Å². The highest BCUT2D eigenvalue weighted by molar-refractivity contribution is 5.87. The van der Waals surface area contributed by atoms with Crippen molar-refractivity contribution in [1.82, 2.24) is 0 Å². The molecule has 0 aliphatic rings. The van der Waals surface area contributed by atoms with E-state index >= 15 is 0 Å². The number of ether oxygens (including phenoxy) is 1. The van der Waals surface area contributed by atoms with Gasteiger partial charge >= 0.3 is 5.97 Å². The summed E-state index contributed by atoms with van der Waals surface area (Å²) in [6, 6.07) is 6.55. The van der Waals surface area contributed by atoms with E-state index in [4.69, 9.17) is 9.84 Å². The molecule has 0 fully saturated rings. The lowest BCUT2D eigenvalue weighted by Gasteiger charge is -2.26. The number of rotatable bonds is 7. The van der Waals surface area contributed by atoms with E-state index in [9.17, 15) is 9.90 Å². The van der Waals surface area contributed by atoms with Crippen LogP contribution in [0.4, 0.5) is 0 Å². The monoisotopic (exact) mass is 266 g/mol. The maximum absolute atomic E-state index is 10.8. The summed E-state index contributed by atoms with van der Waals surface area (Å²) in [5.41, 5.74) is 0.920. The Labute approximate surface area is 114 Å². The van der Waals surface area contributed by atoms with Crippen molar-refractivity contribution in [3.63, 3.8) is 0 Å². The SMILES string of the molecule is CCC(C)(C)OCC(CO)c1ccc(C(=O)O)cc1. The molecule has 0 heterocycles. The van der Waals surface area contributed by atoms with Crippen LogP contribution in [-0.2, 0) is 4.74 Å². The van der Waals surface area contributed by atoms with E-state index < -0.39 is 5.97 Å². The van der Waals surface area contributed by atoms with Crippen LogP contribution < -0.4 is 0 Å². The van der Waals surface area contributed by atoms with Gasteiger partial charge in [-0.05, 0) is 38.0 Å². The highest BCUT2D eigenvalue weighted by atomic mass is 16.5. The molecule has 0 spiro atoms. The molecule has 1 rings (SSSR count). The molecule has 0 saturated heterocycles. The Hall–Kier alpha value is -1.39. The van der Waals surface area contributed by atoms with Crippen LogP contribution >= 0.6 is 0 Å². The standard InChI is InChI=1S/C15H22O4/c1-4-15(2,3)19-10-13(9-16)11-5-7-12(8-6-11)14(17)18/h5-8,13,16H,4,9-10H2,1-3H3,(H,17,18). The van der Waals surface area contributed by atoms with Crippen molar-refractivity contribution < 1.29 is 19.7 Å². The maximum Gasteiger partial charge on any atom is 0.335 e. The number of benzene rings is 1. The molecule has 1 unspecified atom stereocenters. The first-order valence-electron chi connectivity index (χ1n) is 6.47. The van der Waals surface area contributed by atoms with E-state index in [2.05, 4.69) is 6.92 Å². The molecule has 0 aliphatic carbocycles. The van der Waals surface area contributed by atoms with Crippen LogP contribution in [0.15, 0.2) is 24.3 Å². The fourth-order valence-corrected chi connectivity index (χ4v) is 1.58. The minimum Gasteiger partial charge on any atom is -0.478 e. The Morgan fingerprint density at radius 1 is 1.32 bits per heavy atom. The average molecular weight is 266 g/mol. The van der Waals surface area contributed by atoms with E-state index in [1.54, 1.807) is 24.3 Å². The Morgan fingerprint density at radius 2 is 1.89 bits per heavy atom. The number of carboxylic acid groups (broad SMARTS) is 1. The van der Waals surface area contributed by atoms with Gasteiger partial charge in [0.25, 0.3) is 0 Å². The minimum atomic E-state index is -0.949. The van der Waals surface area contributed by atoms with Gasteiger partial charge in [0.1, 0.15) is 0 Å². The fourth-order valence-electron chi connectivity index (χ4n) is 1.58. The van der Waals surface area contributed by atoms with Crippen molar-refractivity contribution in [2.45, 2.75) is 38.7 Å². The van der Waals surface area contributed by atoms with Crippen LogP contribution in [0.1, 0.15) is 49.0 Å². The second-order valence-corrected chi connectivity index (χ2v) is 5.23. The van der Waals surface area contributed by atoms with E-state index in [0.717, 1.165) is 12.0 Å². The first-order chi connectivity index (χ1) is 8.89. The first-order valence-corrected chi connectivity index (χ1v) is 6.47. The zero-order chi connectivity index (χ0) is 14.5. The van der Waals surface area contributed by atoms with Gasteiger partial charge in [-0.15, -0.1) is 0 Å². The zero-order valence-electron chi connectivity index (χ0n) is 11.7. The van der Waals surface area contributed by atoms with Gasteiger partial charge < -0.3 is 14.9 Å². The highest BCUT2D eigenvalue weighted by Gasteiger charge is 2.19. The van der Waals surface area contributed by atoms with E-state index in [1.165, 1.54) is 0 Å². The summed E-state index contributed by atoms with van der Waals surface area (Å²) in [5.74, 6) is -1.08. The Bertz CT molecular complexity index is 409. The van der Waals surface area contributed by atoms with Gasteiger partial charge in [0, 0.05) is 5.92 Å². The second-order valence-electron chi connectivity index (χ2n) is 5.23. The zero-order valence-corrected chi connectivity index (χ0v) is 11.7. The summed E-state index contributed by atoms with van der Waals surface area (Å²) in [6.45, 7) is 6.47. The third-order valence-corrected chi connectivity index (χ3v) is 3.38. The maximum atomic E-state index is 10.8. The Kier molecular flexibility index (Phi) is 5.51. The molecule has 1 atom stereocenters. The van der Waals surface area contributed by atoms with Crippen LogP contribution in [0.5, 0.6) is 0 Å². The summed E-state index contributed by atoms with van der Waals surface area (Å²) in [6.07, 6.45) is 0.892. The van der Waals surface area contributed by atoms with Crippen molar-refractivity contribution in [3.05, 3.63) is 35.4 Å². The van der Waals surface area contributed by atoms with Crippen LogP contribution in [0, 0.1) is 0 Å². The average Bonchev–Trinajstić information content (AvgIpc) is 2.40. The molecular weight excluding hydrogens is 244 g/mol. The molecular formula is C15H22O4. The predicted molar refractivity (Wildman–Crippen MR) is 73.6 cm³/mol.